The molecule has 4 amide bonds. The van der Waals surface area contributed by atoms with E-state index in [1.165, 1.54) is 25.0 Å². The summed E-state index contributed by atoms with van der Waals surface area (Å²) in [6.07, 6.45) is 4.95. The number of imidazole rings is 2. The van der Waals surface area contributed by atoms with Gasteiger partial charge < -0.3 is 42.5 Å². The van der Waals surface area contributed by atoms with Gasteiger partial charge in [-0.25, -0.2) is 14.8 Å². The van der Waals surface area contributed by atoms with Crippen LogP contribution in [0, 0.1) is 0 Å². The van der Waals surface area contributed by atoms with Crippen LogP contribution < -0.4 is 27.4 Å². The third-order valence-electron chi connectivity index (χ3n) is 4.45. The number of rotatable bonds is 13. The Morgan fingerprint density at radius 2 is 1.36 bits per heavy atom. The van der Waals surface area contributed by atoms with Gasteiger partial charge in [0.05, 0.1) is 25.6 Å². The quantitative estimate of drug-likeness (QED) is 0.145. The molecule has 0 spiro atoms. The number of aromatic amines is 2. The maximum Gasteiger partial charge on any atom is 0.326 e. The van der Waals surface area contributed by atoms with E-state index in [1.54, 1.807) is 0 Å². The summed E-state index contributed by atoms with van der Waals surface area (Å²) in [6, 6.07) is -3.97. The molecule has 15 nitrogen and oxygen atoms in total. The number of nitrogens with one attached hydrogen (secondary N) is 5. The van der Waals surface area contributed by atoms with Crippen molar-refractivity contribution < 1.29 is 29.1 Å². The van der Waals surface area contributed by atoms with E-state index in [9.17, 15) is 29.1 Å². The molecule has 2 aromatic rings. The highest BCUT2D eigenvalue weighted by Crippen LogP contribution is 2.04. The number of primary amides is 1. The number of amides is 4. The van der Waals surface area contributed by atoms with E-state index in [0.29, 0.717) is 11.4 Å². The zero-order chi connectivity index (χ0) is 24.4. The average molecular weight is 463 g/mol. The molecule has 15 heteroatoms. The fourth-order valence-corrected chi connectivity index (χ4v) is 2.85. The number of carbonyl (C=O) groups is 5. The molecule has 2 aromatic heterocycles. The normalized spacial score (nSPS) is 13.4. The van der Waals surface area contributed by atoms with Gasteiger partial charge in [0.25, 0.3) is 0 Å². The summed E-state index contributed by atoms with van der Waals surface area (Å²) in [4.78, 5) is 73.4. The van der Waals surface area contributed by atoms with Crippen molar-refractivity contribution in [2.45, 2.75) is 37.4 Å². The minimum absolute atomic E-state index is 0.0232. The Balaban J connectivity index is 2.20. The van der Waals surface area contributed by atoms with Gasteiger partial charge in [-0.15, -0.1) is 0 Å². The van der Waals surface area contributed by atoms with Crippen molar-refractivity contribution in [3.8, 4) is 0 Å². The number of nitrogens with zero attached hydrogens (tertiary/aromatic N) is 2. The second kappa shape index (κ2) is 11.9. The van der Waals surface area contributed by atoms with Crippen LogP contribution in [-0.4, -0.2) is 79.3 Å². The Bertz CT molecular complexity index is 960. The molecular formula is C18H25N9O6. The molecule has 33 heavy (non-hydrogen) atoms. The molecule has 2 rings (SSSR count). The molecule has 0 saturated carbocycles. The molecule has 0 aliphatic heterocycles. The highest BCUT2D eigenvalue weighted by atomic mass is 16.4. The topological polar surface area (TPSA) is 251 Å². The van der Waals surface area contributed by atoms with Crippen molar-refractivity contribution in [2.24, 2.45) is 11.5 Å². The molecule has 3 atom stereocenters. The predicted molar refractivity (Wildman–Crippen MR) is 111 cm³/mol. The maximum atomic E-state index is 13.0. The maximum absolute atomic E-state index is 13.0. The van der Waals surface area contributed by atoms with Crippen molar-refractivity contribution in [1.29, 1.82) is 0 Å². The van der Waals surface area contributed by atoms with Crippen molar-refractivity contribution >= 4 is 29.6 Å². The van der Waals surface area contributed by atoms with Gasteiger partial charge >= 0.3 is 5.97 Å². The first kappa shape index (κ1) is 25.0. The van der Waals surface area contributed by atoms with Gasteiger partial charge in [-0.05, 0) is 0 Å². The Kier molecular flexibility index (Phi) is 9.05. The lowest BCUT2D eigenvalue weighted by Gasteiger charge is -2.24. The summed E-state index contributed by atoms with van der Waals surface area (Å²) in [5.74, 6) is -4.61. The van der Waals surface area contributed by atoms with Gasteiger partial charge in [0.1, 0.15) is 18.1 Å². The van der Waals surface area contributed by atoms with E-state index in [1.807, 2.05) is 0 Å². The molecule has 2 heterocycles. The van der Waals surface area contributed by atoms with E-state index in [0.717, 1.165) is 0 Å². The molecule has 3 unspecified atom stereocenters. The molecular weight excluding hydrogens is 438 g/mol. The number of nitrogens with two attached hydrogens (primary N) is 2. The molecule has 0 aromatic carbocycles. The summed E-state index contributed by atoms with van der Waals surface area (Å²) in [5.41, 5.74) is 11.4. The van der Waals surface area contributed by atoms with Gasteiger partial charge in [0, 0.05) is 36.6 Å². The van der Waals surface area contributed by atoms with Crippen LogP contribution in [0.4, 0.5) is 0 Å². The molecule has 0 fully saturated rings. The number of carbonyl (C=O) groups excluding carboxylic acids is 4. The number of carboxylic acids is 1. The highest BCUT2D eigenvalue weighted by molar-refractivity contribution is 5.94. The van der Waals surface area contributed by atoms with Crippen LogP contribution in [0.15, 0.2) is 25.0 Å². The summed E-state index contributed by atoms with van der Waals surface area (Å²) in [6.45, 7) is -0.363. The van der Waals surface area contributed by atoms with Gasteiger partial charge in [0.15, 0.2) is 0 Å². The SMILES string of the molecule is NCC(=O)NC(Cc1cnc[nH]1)C(=O)NC(Cc1cnc[nH]1)C(=O)NC(CC(N)=O)C(=O)O. The Morgan fingerprint density at radius 1 is 0.879 bits per heavy atom. The van der Waals surface area contributed by atoms with Crippen LogP contribution in [0.25, 0.3) is 0 Å². The zero-order valence-corrected chi connectivity index (χ0v) is 17.4. The Hall–Kier alpha value is -4.27. The molecule has 178 valence electrons. The lowest BCUT2D eigenvalue weighted by molar-refractivity contribution is -0.143. The molecule has 0 aliphatic rings. The van der Waals surface area contributed by atoms with E-state index < -0.39 is 54.1 Å². The number of hydrogen-bond donors (Lipinski definition) is 8. The molecule has 0 aliphatic carbocycles. The van der Waals surface area contributed by atoms with Crippen LogP contribution in [-0.2, 0) is 36.8 Å². The first-order valence-electron chi connectivity index (χ1n) is 9.75. The summed E-state index contributed by atoms with van der Waals surface area (Å²) in [5, 5.41) is 16.4. The van der Waals surface area contributed by atoms with Crippen LogP contribution in [0.1, 0.15) is 17.8 Å². The summed E-state index contributed by atoms with van der Waals surface area (Å²) < 4.78 is 0. The monoisotopic (exact) mass is 463 g/mol. The fourth-order valence-electron chi connectivity index (χ4n) is 2.85. The third-order valence-corrected chi connectivity index (χ3v) is 4.45. The second-order valence-electron chi connectivity index (χ2n) is 7.02. The largest absolute Gasteiger partial charge is 0.480 e. The van der Waals surface area contributed by atoms with Crippen molar-refractivity contribution in [1.82, 2.24) is 35.9 Å². The first-order valence-corrected chi connectivity index (χ1v) is 9.75. The Morgan fingerprint density at radius 3 is 1.76 bits per heavy atom. The van der Waals surface area contributed by atoms with Crippen LogP contribution in [0.5, 0.6) is 0 Å². The van der Waals surface area contributed by atoms with E-state index in [4.69, 9.17) is 11.5 Å². The summed E-state index contributed by atoms with van der Waals surface area (Å²) in [7, 11) is 0. The van der Waals surface area contributed by atoms with Gasteiger partial charge in [-0.1, -0.05) is 0 Å². The lowest BCUT2D eigenvalue weighted by Crippen LogP contribution is -2.57. The van der Waals surface area contributed by atoms with Gasteiger partial charge in [-0.3, -0.25) is 19.2 Å². The predicted octanol–water partition coefficient (Wildman–Crippen LogP) is -3.71. The fraction of sp³-hybridized carbons (Fsp3) is 0.389. The Labute approximate surface area is 187 Å². The standard InChI is InChI=1S/C18H25N9O6/c19-4-15(29)25-11(1-9-5-21-7-23-9)16(30)26-12(2-10-6-22-8-24-10)17(31)27-13(18(32)33)3-14(20)28/h5-8,11-13H,1-4,19H2,(H2,20,28)(H,21,23)(H,22,24)(H,25,29)(H,26,30)(H,27,31)(H,32,33). The van der Waals surface area contributed by atoms with Crippen molar-refractivity contribution in [3.05, 3.63) is 36.4 Å². The molecule has 0 radical (unpaired) electrons. The minimum atomic E-state index is -1.59. The van der Waals surface area contributed by atoms with Crippen LogP contribution in [0.2, 0.25) is 0 Å². The molecule has 0 bridgehead atoms. The third kappa shape index (κ3) is 8.06. The van der Waals surface area contributed by atoms with E-state index in [2.05, 4.69) is 35.9 Å². The van der Waals surface area contributed by atoms with Crippen LogP contribution in [0.3, 0.4) is 0 Å². The van der Waals surface area contributed by atoms with E-state index >= 15 is 0 Å². The zero-order valence-electron chi connectivity index (χ0n) is 17.4. The number of aliphatic carboxylic acids is 1. The van der Waals surface area contributed by atoms with Crippen LogP contribution >= 0.6 is 0 Å². The number of carboxylic acid groups (broad SMARTS) is 1. The average Bonchev–Trinajstić information content (AvgIpc) is 3.45. The second-order valence-corrected chi connectivity index (χ2v) is 7.02. The van der Waals surface area contributed by atoms with Gasteiger partial charge in [-0.2, -0.15) is 0 Å². The van der Waals surface area contributed by atoms with E-state index in [-0.39, 0.29) is 19.4 Å². The smallest absolute Gasteiger partial charge is 0.326 e. The highest BCUT2D eigenvalue weighted by Gasteiger charge is 2.30. The van der Waals surface area contributed by atoms with Gasteiger partial charge in [0.2, 0.25) is 23.6 Å². The number of aromatic nitrogens is 4. The number of hydrogen-bond acceptors (Lipinski definition) is 8. The minimum Gasteiger partial charge on any atom is -0.480 e. The summed E-state index contributed by atoms with van der Waals surface area (Å²) >= 11 is 0. The molecule has 10 N–H and O–H groups in total. The number of H-pyrrole nitrogens is 2. The van der Waals surface area contributed by atoms with Crippen molar-refractivity contribution in [3.63, 3.8) is 0 Å². The lowest BCUT2D eigenvalue weighted by atomic mass is 10.1. The van der Waals surface area contributed by atoms with Crippen molar-refractivity contribution in [2.75, 3.05) is 6.54 Å². The first-order chi connectivity index (χ1) is 15.7. The molecule has 0 saturated heterocycles.